The van der Waals surface area contributed by atoms with Crippen LogP contribution in [-0.4, -0.2) is 5.97 Å². The summed E-state index contributed by atoms with van der Waals surface area (Å²) in [5.74, 6) is -0.142. The number of cyclic esters (lactones) is 1. The molecule has 1 aliphatic heterocycles. The lowest BCUT2D eigenvalue weighted by molar-refractivity contribution is -0.00440. The van der Waals surface area contributed by atoms with Crippen molar-refractivity contribution in [3.05, 3.63) is 34.4 Å². The van der Waals surface area contributed by atoms with E-state index in [2.05, 4.69) is 27.7 Å². The van der Waals surface area contributed by atoms with Gasteiger partial charge in [-0.2, -0.15) is 0 Å². The van der Waals surface area contributed by atoms with Crippen molar-refractivity contribution < 1.29 is 9.53 Å². The van der Waals surface area contributed by atoms with Crippen LogP contribution in [0.3, 0.4) is 0 Å². The number of aryl methyl sites for hydroxylation is 1. The van der Waals surface area contributed by atoms with Gasteiger partial charge >= 0.3 is 5.97 Å². The van der Waals surface area contributed by atoms with Crippen molar-refractivity contribution in [3.8, 4) is 0 Å². The zero-order chi connectivity index (χ0) is 22.5. The number of unbranched alkanes of at least 4 members (excludes halogenated alkanes) is 15. The fourth-order valence-corrected chi connectivity index (χ4v) is 5.16. The first-order chi connectivity index (χ1) is 15.0. The predicted molar refractivity (Wildman–Crippen MR) is 133 cm³/mol. The monoisotopic (exact) mass is 428 g/mol. The summed E-state index contributed by atoms with van der Waals surface area (Å²) in [6.07, 6.45) is 23.0. The van der Waals surface area contributed by atoms with Gasteiger partial charge in [0.25, 0.3) is 0 Å². The van der Waals surface area contributed by atoms with Crippen molar-refractivity contribution in [1.82, 2.24) is 0 Å². The lowest BCUT2D eigenvalue weighted by Crippen LogP contribution is -2.23. The van der Waals surface area contributed by atoms with Crippen LogP contribution < -0.4 is 0 Å². The largest absolute Gasteiger partial charge is 0.451 e. The van der Waals surface area contributed by atoms with Crippen LogP contribution in [0.25, 0.3) is 0 Å². The van der Waals surface area contributed by atoms with Gasteiger partial charge in [-0.05, 0) is 50.8 Å². The topological polar surface area (TPSA) is 26.3 Å². The smallest absolute Gasteiger partial charge is 0.339 e. The molecular weight excluding hydrogens is 380 g/mol. The van der Waals surface area contributed by atoms with Gasteiger partial charge in [0.15, 0.2) is 0 Å². The Bertz CT molecular complexity index is 663. The summed E-state index contributed by atoms with van der Waals surface area (Å²) >= 11 is 0. The van der Waals surface area contributed by atoms with Crippen molar-refractivity contribution in [2.45, 2.75) is 142 Å². The molecule has 1 aromatic rings. The Labute approximate surface area is 192 Å². The maximum Gasteiger partial charge on any atom is 0.339 e. The Morgan fingerprint density at radius 1 is 0.710 bits per heavy atom. The zero-order valence-electron chi connectivity index (χ0n) is 21.0. The fourth-order valence-electron chi connectivity index (χ4n) is 5.16. The van der Waals surface area contributed by atoms with Gasteiger partial charge < -0.3 is 4.74 Å². The first-order valence-electron chi connectivity index (χ1n) is 13.3. The van der Waals surface area contributed by atoms with Crippen molar-refractivity contribution in [1.29, 1.82) is 0 Å². The third kappa shape index (κ3) is 8.28. The summed E-state index contributed by atoms with van der Waals surface area (Å²) in [5.41, 5.74) is 3.96. The van der Waals surface area contributed by atoms with E-state index in [0.717, 1.165) is 24.0 Å². The predicted octanol–water partition coefficient (Wildman–Crippen LogP) is 9.34. The Hall–Kier alpha value is -1.31. The molecule has 2 heteroatoms. The molecular formula is C29H48O2. The number of fused-ring (bicyclic) bond motifs is 1. The van der Waals surface area contributed by atoms with Gasteiger partial charge in [0.1, 0.15) is 5.60 Å². The number of carbonyl (C=O) groups is 1. The van der Waals surface area contributed by atoms with E-state index in [0.29, 0.717) is 0 Å². The maximum atomic E-state index is 12.3. The Morgan fingerprint density at radius 2 is 1.16 bits per heavy atom. The highest BCUT2D eigenvalue weighted by atomic mass is 16.6. The van der Waals surface area contributed by atoms with Crippen molar-refractivity contribution in [3.63, 3.8) is 0 Å². The molecule has 0 radical (unpaired) electrons. The summed E-state index contributed by atoms with van der Waals surface area (Å²) in [5, 5.41) is 0. The molecule has 2 nitrogen and oxygen atoms in total. The molecule has 1 atom stereocenters. The van der Waals surface area contributed by atoms with Crippen LogP contribution in [0.15, 0.2) is 12.1 Å². The van der Waals surface area contributed by atoms with Gasteiger partial charge in [-0.3, -0.25) is 0 Å². The molecule has 0 saturated heterocycles. The van der Waals surface area contributed by atoms with E-state index in [4.69, 9.17) is 4.74 Å². The molecule has 1 heterocycles. The summed E-state index contributed by atoms with van der Waals surface area (Å²) in [4.78, 5) is 12.3. The van der Waals surface area contributed by atoms with Gasteiger partial charge in [0.2, 0.25) is 0 Å². The molecule has 2 rings (SSSR count). The zero-order valence-corrected chi connectivity index (χ0v) is 21.0. The second-order valence-electron chi connectivity index (χ2n) is 10.1. The lowest BCUT2D eigenvalue weighted by atomic mass is 9.84. The number of rotatable bonds is 17. The summed E-state index contributed by atoms with van der Waals surface area (Å²) < 4.78 is 5.84. The van der Waals surface area contributed by atoms with Crippen LogP contribution in [-0.2, 0) is 10.3 Å². The second-order valence-corrected chi connectivity index (χ2v) is 10.1. The van der Waals surface area contributed by atoms with Crippen LogP contribution >= 0.6 is 0 Å². The molecule has 0 spiro atoms. The van der Waals surface area contributed by atoms with Crippen LogP contribution in [0.1, 0.15) is 150 Å². The molecule has 31 heavy (non-hydrogen) atoms. The van der Waals surface area contributed by atoms with Crippen molar-refractivity contribution >= 4 is 5.97 Å². The molecule has 0 saturated carbocycles. The standard InChI is InChI=1S/C29H48O2/c1-5-6-7-8-9-10-11-12-13-14-15-16-17-18-19-20-23-29(4)27-25(3)24(2)21-22-26(27)28(30)31-29/h21-22H,5-20,23H2,1-4H3. The summed E-state index contributed by atoms with van der Waals surface area (Å²) in [7, 11) is 0. The third-order valence-electron chi connectivity index (χ3n) is 7.31. The Kier molecular flexibility index (Phi) is 11.7. The molecule has 0 fully saturated rings. The van der Waals surface area contributed by atoms with Gasteiger partial charge in [0, 0.05) is 5.56 Å². The highest BCUT2D eigenvalue weighted by Crippen LogP contribution is 2.42. The molecule has 1 unspecified atom stereocenters. The van der Waals surface area contributed by atoms with Gasteiger partial charge in [-0.25, -0.2) is 4.79 Å². The number of hydrogen-bond donors (Lipinski definition) is 0. The first kappa shape index (κ1) is 25.9. The summed E-state index contributed by atoms with van der Waals surface area (Å²) in [6.45, 7) is 8.64. The number of esters is 1. The Morgan fingerprint density at radius 3 is 1.65 bits per heavy atom. The van der Waals surface area contributed by atoms with E-state index in [1.54, 1.807) is 0 Å². The fraction of sp³-hybridized carbons (Fsp3) is 0.759. The van der Waals surface area contributed by atoms with E-state index < -0.39 is 5.60 Å². The minimum absolute atomic E-state index is 0.142. The molecule has 0 N–H and O–H groups in total. The second kappa shape index (κ2) is 14.0. The number of carbonyl (C=O) groups excluding carboxylic acids is 1. The maximum absolute atomic E-state index is 12.3. The average Bonchev–Trinajstić information content (AvgIpc) is 3.00. The van der Waals surface area contributed by atoms with Crippen LogP contribution in [0.2, 0.25) is 0 Å². The van der Waals surface area contributed by atoms with E-state index in [1.165, 1.54) is 107 Å². The number of hydrogen-bond acceptors (Lipinski definition) is 2. The highest BCUT2D eigenvalue weighted by Gasteiger charge is 2.42. The molecule has 0 aliphatic carbocycles. The van der Waals surface area contributed by atoms with Crippen LogP contribution in [0, 0.1) is 13.8 Å². The SMILES string of the molecule is CCCCCCCCCCCCCCCCCCC1(C)OC(=O)c2ccc(C)c(C)c21. The molecule has 1 aromatic carbocycles. The van der Waals surface area contributed by atoms with Gasteiger partial charge in [0.05, 0.1) is 5.56 Å². The summed E-state index contributed by atoms with van der Waals surface area (Å²) in [6, 6.07) is 3.98. The number of benzene rings is 1. The normalized spacial score (nSPS) is 17.7. The van der Waals surface area contributed by atoms with Gasteiger partial charge in [-0.15, -0.1) is 0 Å². The molecule has 176 valence electrons. The van der Waals surface area contributed by atoms with Crippen molar-refractivity contribution in [2.24, 2.45) is 0 Å². The molecule has 0 amide bonds. The Balaban J connectivity index is 1.48. The van der Waals surface area contributed by atoms with E-state index >= 15 is 0 Å². The van der Waals surface area contributed by atoms with E-state index in [1.807, 2.05) is 12.1 Å². The third-order valence-corrected chi connectivity index (χ3v) is 7.31. The van der Waals surface area contributed by atoms with Crippen LogP contribution in [0.5, 0.6) is 0 Å². The molecule has 1 aliphatic rings. The van der Waals surface area contributed by atoms with Gasteiger partial charge in [-0.1, -0.05) is 109 Å². The highest BCUT2D eigenvalue weighted by molar-refractivity contribution is 5.95. The number of ether oxygens (including phenoxy) is 1. The van der Waals surface area contributed by atoms with Crippen LogP contribution in [0.4, 0.5) is 0 Å². The quantitative estimate of drug-likeness (QED) is 0.182. The van der Waals surface area contributed by atoms with Crippen molar-refractivity contribution in [2.75, 3.05) is 0 Å². The lowest BCUT2D eigenvalue weighted by Gasteiger charge is -2.26. The minimum Gasteiger partial charge on any atom is -0.451 e. The first-order valence-corrected chi connectivity index (χ1v) is 13.3. The minimum atomic E-state index is -0.432. The average molecular weight is 429 g/mol. The molecule has 0 bridgehead atoms. The van der Waals surface area contributed by atoms with E-state index in [-0.39, 0.29) is 5.97 Å². The molecule has 0 aromatic heterocycles. The van der Waals surface area contributed by atoms with E-state index in [9.17, 15) is 4.79 Å².